The molecule has 1 rings (SSSR count). The minimum atomic E-state index is -2.33. The number of nitrogens with zero attached hydrogens (tertiary/aromatic N) is 1. The molecule has 1 heterocycles. The molecule has 0 aliphatic rings. The second-order valence-corrected chi connectivity index (χ2v) is 18.6. The van der Waals surface area contributed by atoms with Gasteiger partial charge < -0.3 is 0 Å². The van der Waals surface area contributed by atoms with Gasteiger partial charge in [0, 0.05) is 0 Å². The van der Waals surface area contributed by atoms with Crippen molar-refractivity contribution in [3.63, 3.8) is 0 Å². The number of H-pyrrole nitrogens is 1. The summed E-state index contributed by atoms with van der Waals surface area (Å²) in [5.41, 5.74) is 0. The number of unbranched alkanes of at least 4 members (excludes halogenated alkanes) is 3. The molecule has 3 heteroatoms. The van der Waals surface area contributed by atoms with E-state index >= 15 is 0 Å². The maximum absolute atomic E-state index is 7.71. The summed E-state index contributed by atoms with van der Waals surface area (Å²) in [6.45, 7) is 6.87. The third-order valence-electron chi connectivity index (χ3n) is 4.03. The molecule has 0 aliphatic carbocycles. The van der Waals surface area contributed by atoms with Crippen LogP contribution in [0.5, 0.6) is 0 Å². The summed E-state index contributed by atoms with van der Waals surface area (Å²) in [5, 5.41) is 0. The normalized spacial score (nSPS) is 12.7. The van der Waals surface area contributed by atoms with Gasteiger partial charge in [0.25, 0.3) is 0 Å². The molecule has 104 valence electrons. The van der Waals surface area contributed by atoms with Crippen LogP contribution in [-0.4, -0.2) is 28.3 Å². The van der Waals surface area contributed by atoms with Crippen LogP contribution in [0.15, 0.2) is 12.5 Å². The van der Waals surface area contributed by atoms with Crippen molar-refractivity contribution in [1.82, 2.24) is 9.96 Å². The van der Waals surface area contributed by atoms with Crippen LogP contribution in [0, 0.1) is 0 Å². The Morgan fingerprint density at radius 2 is 1.56 bits per heavy atom. The second-order valence-electron chi connectivity index (χ2n) is 5.50. The summed E-state index contributed by atoms with van der Waals surface area (Å²) in [4.78, 5) is 6.02. The van der Waals surface area contributed by atoms with Gasteiger partial charge in [0.2, 0.25) is 0 Å². The van der Waals surface area contributed by atoms with Gasteiger partial charge in [0.1, 0.15) is 0 Å². The molecule has 0 saturated carbocycles. The van der Waals surface area contributed by atoms with Crippen LogP contribution < -0.4 is 3.71 Å². The van der Waals surface area contributed by atoms with Crippen molar-refractivity contribution in [2.75, 3.05) is 0 Å². The molecule has 0 aromatic carbocycles. The predicted octanol–water partition coefficient (Wildman–Crippen LogP) is 4.47. The number of imidazole rings is 1. The van der Waals surface area contributed by atoms with E-state index in [1.807, 2.05) is 6.20 Å². The summed E-state index contributed by atoms with van der Waals surface area (Å²) >= 11 is -2.33. The fourth-order valence-electron chi connectivity index (χ4n) is 2.81. The van der Waals surface area contributed by atoms with Gasteiger partial charge in [-0.15, -0.1) is 0 Å². The molecule has 0 bridgehead atoms. The predicted molar refractivity (Wildman–Crippen MR) is 83.1 cm³/mol. The molecule has 0 saturated heterocycles. The molecular formula is C15H30N2Sn. The molecule has 18 heavy (non-hydrogen) atoms. The van der Waals surface area contributed by atoms with Gasteiger partial charge in [0.05, 0.1) is 0 Å². The van der Waals surface area contributed by atoms with Gasteiger partial charge in [-0.1, -0.05) is 0 Å². The van der Waals surface area contributed by atoms with Gasteiger partial charge in [0.15, 0.2) is 0 Å². The summed E-state index contributed by atoms with van der Waals surface area (Å²) in [6, 6.07) is 0. The van der Waals surface area contributed by atoms with Crippen molar-refractivity contribution >= 4 is 22.1 Å². The van der Waals surface area contributed by atoms with E-state index in [0.717, 1.165) is 0 Å². The Balaban J connectivity index is 2.93. The molecule has 1 N–H and O–H groups in total. The van der Waals surface area contributed by atoms with Crippen molar-refractivity contribution in [1.29, 1.82) is 0 Å². The number of rotatable bonds is 10. The average Bonchev–Trinajstić information content (AvgIpc) is 2.85. The van der Waals surface area contributed by atoms with Gasteiger partial charge in [-0.05, 0) is 0 Å². The fourth-order valence-corrected chi connectivity index (χ4v) is 17.9. The van der Waals surface area contributed by atoms with E-state index in [4.69, 9.17) is 1.41 Å². The van der Waals surface area contributed by atoms with Crippen molar-refractivity contribution < 1.29 is 1.41 Å². The average molecular weight is 359 g/mol. The number of aromatic nitrogens is 2. The minimum absolute atomic E-state index is 1.29. The molecular weight excluding hydrogens is 327 g/mol. The number of aromatic amines is 1. The summed E-state index contributed by atoms with van der Waals surface area (Å²) in [6.07, 6.45) is 11.6. The van der Waals surface area contributed by atoms with Crippen molar-refractivity contribution in [2.45, 2.75) is 72.6 Å². The topological polar surface area (TPSA) is 28.7 Å². The zero-order chi connectivity index (χ0) is 14.1. The van der Waals surface area contributed by atoms with Crippen LogP contribution in [0.3, 0.4) is 0 Å². The van der Waals surface area contributed by atoms with Gasteiger partial charge >= 0.3 is 119 Å². The van der Waals surface area contributed by atoms with E-state index in [-0.39, 0.29) is 0 Å². The first-order valence-electron chi connectivity index (χ1n) is 8.17. The Kier molecular flexibility index (Phi) is 7.21. The maximum atomic E-state index is 7.71. The van der Waals surface area contributed by atoms with Crippen molar-refractivity contribution in [3.8, 4) is 0 Å². The number of hydrogen-bond acceptors (Lipinski definition) is 1. The first-order valence-corrected chi connectivity index (χ1v) is 15.2. The standard InChI is InChI=1S/3C4H9.C3H3N2.Sn/c3*1-3-4-2;1-2-5-3-4-1;/h3*1,3-4H2,2H3;1,3H,(H,4,5);/i/hT. The Hall–Kier alpha value is 0.00870. The van der Waals surface area contributed by atoms with Crippen LogP contribution in [0.25, 0.3) is 0 Å². The Labute approximate surface area is 118 Å². The third kappa shape index (κ3) is 4.60. The molecule has 0 unspecified atom stereocenters. The van der Waals surface area contributed by atoms with E-state index in [2.05, 4.69) is 25.8 Å². The molecule has 1 aromatic heterocycles. The van der Waals surface area contributed by atoms with Gasteiger partial charge in [-0.3, -0.25) is 0 Å². The summed E-state index contributed by atoms with van der Waals surface area (Å²) < 4.78 is 13.4. The van der Waals surface area contributed by atoms with E-state index < -0.39 is 18.4 Å². The Morgan fingerprint density at radius 1 is 1.06 bits per heavy atom. The van der Waals surface area contributed by atoms with Gasteiger partial charge in [-0.2, -0.15) is 0 Å². The molecule has 0 fully saturated rings. The second kappa shape index (κ2) is 9.00. The zero-order valence-electron chi connectivity index (χ0n) is 13.4. The van der Waals surface area contributed by atoms with Crippen LogP contribution in [0.4, 0.5) is 0 Å². The number of nitrogens with one attached hydrogen (secondary N) is 1. The van der Waals surface area contributed by atoms with Crippen LogP contribution in [-0.2, 0) is 0 Å². The molecule has 1 aromatic rings. The Bertz CT molecular complexity index is 330. The molecule has 0 amide bonds. The number of hydrogen-bond donors (Lipinski definition) is 1. The molecule has 2 nitrogen and oxygen atoms in total. The summed E-state index contributed by atoms with van der Waals surface area (Å²) in [7, 11) is 0. The molecule has 0 aliphatic heterocycles. The third-order valence-corrected chi connectivity index (χ3v) is 19.1. The van der Waals surface area contributed by atoms with Crippen LogP contribution in [0.1, 0.15) is 59.3 Å². The quantitative estimate of drug-likeness (QED) is 0.614. The SMILES string of the molecule is [3H]n1cn[c]([Sn]([CH2]CCC)([CH2]CCC)[CH2]CCC)c1. The van der Waals surface area contributed by atoms with Crippen molar-refractivity contribution in [3.05, 3.63) is 12.5 Å². The molecule has 0 radical (unpaired) electrons. The van der Waals surface area contributed by atoms with E-state index in [0.29, 0.717) is 0 Å². The first-order chi connectivity index (χ1) is 9.18. The van der Waals surface area contributed by atoms with Crippen LogP contribution in [0.2, 0.25) is 14.7 Å². The zero-order valence-corrected chi connectivity index (χ0v) is 15.3. The molecule has 0 spiro atoms. The van der Waals surface area contributed by atoms with E-state index in [1.165, 1.54) is 60.5 Å². The Morgan fingerprint density at radius 3 is 1.89 bits per heavy atom. The fraction of sp³-hybridized carbons (Fsp3) is 0.800. The van der Waals surface area contributed by atoms with Crippen LogP contribution >= 0.6 is 0 Å². The monoisotopic (exact) mass is 360 g/mol. The van der Waals surface area contributed by atoms with Gasteiger partial charge in [-0.25, -0.2) is 0 Å². The first kappa shape index (κ1) is 14.4. The molecule has 0 atom stereocenters. The van der Waals surface area contributed by atoms with E-state index in [1.54, 1.807) is 6.33 Å². The van der Waals surface area contributed by atoms with E-state index in [9.17, 15) is 0 Å². The van der Waals surface area contributed by atoms with Crippen molar-refractivity contribution in [2.24, 2.45) is 0 Å². The summed E-state index contributed by atoms with van der Waals surface area (Å²) in [5.74, 6) is 0.